The lowest BCUT2D eigenvalue weighted by molar-refractivity contribution is -0.0448. The number of benzene rings is 1. The summed E-state index contributed by atoms with van der Waals surface area (Å²) in [4.78, 5) is 12.4. The molecule has 0 spiro atoms. The van der Waals surface area contributed by atoms with Crippen molar-refractivity contribution < 1.29 is 14.3 Å². The molecule has 0 unspecified atom stereocenters. The second-order valence-corrected chi connectivity index (χ2v) is 4.80. The number of carbonyl (C=O) groups excluding carboxylic acids is 1. The van der Waals surface area contributed by atoms with Gasteiger partial charge in [0.05, 0.1) is 6.61 Å². The fourth-order valence-corrected chi connectivity index (χ4v) is 2.61. The van der Waals surface area contributed by atoms with E-state index >= 15 is 0 Å². The summed E-state index contributed by atoms with van der Waals surface area (Å²) < 4.78 is 10.9. The lowest BCUT2D eigenvalue weighted by Crippen LogP contribution is -2.47. The Morgan fingerprint density at radius 1 is 1.41 bits per heavy atom. The Morgan fingerprint density at radius 3 is 2.88 bits per heavy atom. The molecule has 2 aliphatic rings. The molecule has 1 aromatic carbocycles. The minimum Gasteiger partial charge on any atom is -0.493 e. The predicted molar refractivity (Wildman–Crippen MR) is 63.6 cm³/mol. The van der Waals surface area contributed by atoms with E-state index in [9.17, 15) is 4.79 Å². The Hall–Kier alpha value is -1.35. The summed E-state index contributed by atoms with van der Waals surface area (Å²) >= 11 is 0. The van der Waals surface area contributed by atoms with Gasteiger partial charge in [0.15, 0.2) is 5.78 Å². The van der Waals surface area contributed by atoms with Crippen LogP contribution in [0.2, 0.25) is 0 Å². The van der Waals surface area contributed by atoms with Crippen LogP contribution in [0.1, 0.15) is 35.2 Å². The topological polar surface area (TPSA) is 35.5 Å². The fourth-order valence-electron chi connectivity index (χ4n) is 2.61. The maximum absolute atomic E-state index is 12.4. The average Bonchev–Trinajstić information content (AvgIpc) is 2.74. The van der Waals surface area contributed by atoms with E-state index in [2.05, 4.69) is 0 Å². The normalized spacial score (nSPS) is 20.3. The quantitative estimate of drug-likeness (QED) is 0.750. The summed E-state index contributed by atoms with van der Waals surface area (Å²) in [7, 11) is 1.63. The van der Waals surface area contributed by atoms with Crippen molar-refractivity contribution in [2.45, 2.75) is 31.3 Å². The molecule has 0 bridgehead atoms. The highest BCUT2D eigenvalue weighted by Gasteiger charge is 2.44. The lowest BCUT2D eigenvalue weighted by atomic mass is 9.74. The molecular weight excluding hydrogens is 216 g/mol. The Bertz CT molecular complexity index is 455. The minimum absolute atomic E-state index is 0.126. The molecule has 1 fully saturated rings. The molecule has 1 aromatic rings. The molecular formula is C14H16O3. The number of carbonyl (C=O) groups is 1. The van der Waals surface area contributed by atoms with Crippen molar-refractivity contribution >= 4 is 5.78 Å². The van der Waals surface area contributed by atoms with Gasteiger partial charge in [0, 0.05) is 19.1 Å². The van der Waals surface area contributed by atoms with Crippen LogP contribution in [0.4, 0.5) is 0 Å². The number of methoxy groups -OCH3 is 1. The largest absolute Gasteiger partial charge is 0.493 e. The second kappa shape index (κ2) is 3.84. The first kappa shape index (κ1) is 10.8. The highest BCUT2D eigenvalue weighted by Crippen LogP contribution is 2.38. The summed E-state index contributed by atoms with van der Waals surface area (Å²) in [5.41, 5.74) is 1.35. The summed E-state index contributed by atoms with van der Waals surface area (Å²) in [6.07, 6.45) is 3.66. The van der Waals surface area contributed by atoms with E-state index in [1.807, 2.05) is 18.2 Å². The zero-order valence-electron chi connectivity index (χ0n) is 9.99. The summed E-state index contributed by atoms with van der Waals surface area (Å²) in [5, 5.41) is 0. The van der Waals surface area contributed by atoms with E-state index in [0.717, 1.165) is 49.2 Å². The molecule has 3 heteroatoms. The van der Waals surface area contributed by atoms with Crippen LogP contribution in [0, 0.1) is 0 Å². The van der Waals surface area contributed by atoms with Crippen molar-refractivity contribution in [3.05, 3.63) is 29.3 Å². The number of Topliss-reactive ketones (excluding diaryl/α,β-unsaturated/α-hetero) is 1. The number of ketones is 1. The van der Waals surface area contributed by atoms with Gasteiger partial charge in [0.1, 0.15) is 11.4 Å². The van der Waals surface area contributed by atoms with Gasteiger partial charge in [-0.2, -0.15) is 0 Å². The van der Waals surface area contributed by atoms with Crippen LogP contribution < -0.4 is 4.74 Å². The Morgan fingerprint density at radius 2 is 2.24 bits per heavy atom. The average molecular weight is 232 g/mol. The van der Waals surface area contributed by atoms with Gasteiger partial charge in [-0.1, -0.05) is 0 Å². The van der Waals surface area contributed by atoms with E-state index in [4.69, 9.17) is 9.47 Å². The number of rotatable bonds is 3. The van der Waals surface area contributed by atoms with Crippen molar-refractivity contribution in [3.63, 3.8) is 0 Å². The molecule has 17 heavy (non-hydrogen) atoms. The molecule has 0 atom stereocenters. The Kier molecular flexibility index (Phi) is 2.44. The predicted octanol–water partition coefficient (Wildman–Crippen LogP) is 2.37. The van der Waals surface area contributed by atoms with Crippen LogP contribution in [0.25, 0.3) is 0 Å². The second-order valence-electron chi connectivity index (χ2n) is 4.80. The van der Waals surface area contributed by atoms with E-state index in [1.54, 1.807) is 7.11 Å². The van der Waals surface area contributed by atoms with Crippen molar-refractivity contribution in [2.75, 3.05) is 13.7 Å². The van der Waals surface area contributed by atoms with Crippen molar-refractivity contribution in [1.29, 1.82) is 0 Å². The van der Waals surface area contributed by atoms with Crippen LogP contribution in [0.3, 0.4) is 0 Å². The van der Waals surface area contributed by atoms with Gasteiger partial charge >= 0.3 is 0 Å². The van der Waals surface area contributed by atoms with Gasteiger partial charge in [-0.15, -0.1) is 0 Å². The molecule has 1 saturated carbocycles. The third-order valence-corrected chi connectivity index (χ3v) is 3.92. The maximum Gasteiger partial charge on any atom is 0.194 e. The molecule has 1 aliphatic heterocycles. The van der Waals surface area contributed by atoms with Gasteiger partial charge in [-0.05, 0) is 43.0 Å². The number of ether oxygens (including phenoxy) is 2. The minimum atomic E-state index is -0.548. The zero-order chi connectivity index (χ0) is 11.9. The van der Waals surface area contributed by atoms with E-state index in [-0.39, 0.29) is 5.78 Å². The number of hydrogen-bond donors (Lipinski definition) is 0. The van der Waals surface area contributed by atoms with Gasteiger partial charge < -0.3 is 9.47 Å². The van der Waals surface area contributed by atoms with E-state index in [0.29, 0.717) is 0 Å². The molecule has 3 rings (SSSR count). The van der Waals surface area contributed by atoms with Gasteiger partial charge in [-0.3, -0.25) is 4.79 Å². The molecule has 0 amide bonds. The standard InChI is InChI=1S/C14H16O3/c1-16-14(6-2-7-14)13(15)11-3-4-12-10(9-11)5-8-17-12/h3-4,9H,2,5-8H2,1H3. The molecule has 1 aliphatic carbocycles. The van der Waals surface area contributed by atoms with Crippen LogP contribution in [-0.2, 0) is 11.2 Å². The van der Waals surface area contributed by atoms with Gasteiger partial charge in [0.2, 0.25) is 0 Å². The third-order valence-electron chi connectivity index (χ3n) is 3.92. The summed E-state index contributed by atoms with van der Waals surface area (Å²) in [6, 6.07) is 5.72. The Balaban J connectivity index is 1.91. The third kappa shape index (κ3) is 1.57. The van der Waals surface area contributed by atoms with Crippen LogP contribution >= 0.6 is 0 Å². The molecule has 0 radical (unpaired) electrons. The molecule has 0 N–H and O–H groups in total. The van der Waals surface area contributed by atoms with E-state index in [1.165, 1.54) is 0 Å². The van der Waals surface area contributed by atoms with Crippen molar-refractivity contribution in [3.8, 4) is 5.75 Å². The lowest BCUT2D eigenvalue weighted by Gasteiger charge is -2.38. The summed E-state index contributed by atoms with van der Waals surface area (Å²) in [6.45, 7) is 0.725. The van der Waals surface area contributed by atoms with Gasteiger partial charge in [-0.25, -0.2) is 0 Å². The molecule has 90 valence electrons. The molecule has 1 heterocycles. The van der Waals surface area contributed by atoms with Crippen molar-refractivity contribution in [1.82, 2.24) is 0 Å². The van der Waals surface area contributed by atoms with Crippen LogP contribution in [0.5, 0.6) is 5.75 Å². The number of hydrogen-bond acceptors (Lipinski definition) is 3. The highest BCUT2D eigenvalue weighted by atomic mass is 16.5. The monoisotopic (exact) mass is 232 g/mol. The molecule has 3 nitrogen and oxygen atoms in total. The molecule has 0 aromatic heterocycles. The van der Waals surface area contributed by atoms with Gasteiger partial charge in [0.25, 0.3) is 0 Å². The van der Waals surface area contributed by atoms with Crippen molar-refractivity contribution in [2.24, 2.45) is 0 Å². The first-order valence-corrected chi connectivity index (χ1v) is 6.11. The maximum atomic E-state index is 12.4. The first-order valence-electron chi connectivity index (χ1n) is 6.11. The Labute approximate surface area is 101 Å². The zero-order valence-corrected chi connectivity index (χ0v) is 9.99. The SMILES string of the molecule is COC1(C(=O)c2ccc3c(c2)CCO3)CCC1. The number of fused-ring (bicyclic) bond motifs is 1. The molecule has 0 saturated heterocycles. The van der Waals surface area contributed by atoms with Crippen LogP contribution in [0.15, 0.2) is 18.2 Å². The fraction of sp³-hybridized carbons (Fsp3) is 0.500. The van der Waals surface area contributed by atoms with E-state index < -0.39 is 5.60 Å². The first-order chi connectivity index (χ1) is 8.25. The van der Waals surface area contributed by atoms with Crippen LogP contribution in [-0.4, -0.2) is 25.1 Å². The summed E-state index contributed by atoms with van der Waals surface area (Å²) in [5.74, 6) is 1.04. The highest BCUT2D eigenvalue weighted by molar-refractivity contribution is 6.03. The smallest absolute Gasteiger partial charge is 0.194 e.